The lowest BCUT2D eigenvalue weighted by Crippen LogP contribution is -2.48. The first-order chi connectivity index (χ1) is 9.60. The van der Waals surface area contributed by atoms with Crippen LogP contribution in [0.2, 0.25) is 0 Å². The van der Waals surface area contributed by atoms with Gasteiger partial charge in [0.05, 0.1) is 11.2 Å². The fourth-order valence-corrected chi connectivity index (χ4v) is 4.07. The van der Waals surface area contributed by atoms with Crippen LogP contribution in [0.3, 0.4) is 0 Å². The van der Waals surface area contributed by atoms with Crippen LogP contribution < -0.4 is 11.1 Å². The van der Waals surface area contributed by atoms with E-state index in [1.165, 1.54) is 4.88 Å². The number of nitrogens with two attached hydrogens (primary N) is 1. The lowest BCUT2D eigenvalue weighted by atomic mass is 9.98. The molecular formula is C14H24Cl2N4OS. The zero-order valence-corrected chi connectivity index (χ0v) is 15.2. The summed E-state index contributed by atoms with van der Waals surface area (Å²) >= 11 is 1.60. The number of fused-ring (bicyclic) bond motifs is 1. The number of halogens is 2. The normalized spacial score (nSPS) is 19.7. The summed E-state index contributed by atoms with van der Waals surface area (Å²) in [6, 6.07) is 0. The monoisotopic (exact) mass is 366 g/mol. The Labute approximate surface area is 147 Å². The molecule has 0 bridgehead atoms. The molecule has 0 atom stereocenters. The SMILES string of the molecule is CCN1CCc2nc(NC(=O)C3(N)CCCC3)sc2C1.Cl.Cl. The van der Waals surface area contributed by atoms with Crippen LogP contribution in [-0.2, 0) is 17.8 Å². The Hall–Kier alpha value is -0.400. The minimum atomic E-state index is -0.679. The molecule has 1 aromatic heterocycles. The molecule has 0 spiro atoms. The number of amides is 1. The van der Waals surface area contributed by atoms with Gasteiger partial charge in [0.25, 0.3) is 0 Å². The highest BCUT2D eigenvalue weighted by atomic mass is 35.5. The van der Waals surface area contributed by atoms with E-state index in [0.29, 0.717) is 0 Å². The highest BCUT2D eigenvalue weighted by Gasteiger charge is 2.37. The summed E-state index contributed by atoms with van der Waals surface area (Å²) in [4.78, 5) is 20.5. The molecule has 126 valence electrons. The fraction of sp³-hybridized carbons (Fsp3) is 0.714. The summed E-state index contributed by atoms with van der Waals surface area (Å²) in [6.45, 7) is 5.24. The van der Waals surface area contributed by atoms with E-state index >= 15 is 0 Å². The highest BCUT2D eigenvalue weighted by Crippen LogP contribution is 2.31. The molecule has 1 saturated carbocycles. The smallest absolute Gasteiger partial charge is 0.246 e. The van der Waals surface area contributed by atoms with Crippen molar-refractivity contribution >= 4 is 47.2 Å². The largest absolute Gasteiger partial charge is 0.317 e. The van der Waals surface area contributed by atoms with Gasteiger partial charge in [0.15, 0.2) is 5.13 Å². The summed E-state index contributed by atoms with van der Waals surface area (Å²) in [5, 5.41) is 3.66. The standard InChI is InChI=1S/C14H22N4OS.2ClH/c1-2-18-8-5-10-11(9-18)20-13(16-10)17-12(19)14(15)6-3-4-7-14;;/h2-9,15H2,1H3,(H,16,17,19);2*1H. The van der Waals surface area contributed by atoms with Crippen LogP contribution in [0.15, 0.2) is 0 Å². The molecule has 3 N–H and O–H groups in total. The fourth-order valence-electron chi connectivity index (χ4n) is 3.03. The van der Waals surface area contributed by atoms with Gasteiger partial charge in [-0.2, -0.15) is 0 Å². The van der Waals surface area contributed by atoms with E-state index in [-0.39, 0.29) is 30.7 Å². The molecule has 1 aliphatic heterocycles. The second-order valence-corrected chi connectivity index (χ2v) is 6.91. The molecule has 0 unspecified atom stereocenters. The molecule has 3 rings (SSSR count). The maximum atomic E-state index is 12.3. The second kappa shape index (κ2) is 7.93. The second-order valence-electron chi connectivity index (χ2n) is 5.83. The predicted molar refractivity (Wildman–Crippen MR) is 95.3 cm³/mol. The Morgan fingerprint density at radius 3 is 2.73 bits per heavy atom. The molecule has 1 fully saturated rings. The van der Waals surface area contributed by atoms with E-state index in [4.69, 9.17) is 5.73 Å². The van der Waals surface area contributed by atoms with E-state index in [1.807, 2.05) is 0 Å². The zero-order chi connectivity index (χ0) is 14.2. The minimum absolute atomic E-state index is 0. The third kappa shape index (κ3) is 3.92. The van der Waals surface area contributed by atoms with Crippen molar-refractivity contribution in [3.8, 4) is 0 Å². The maximum absolute atomic E-state index is 12.3. The Kier molecular flexibility index (Phi) is 7.08. The average molecular weight is 367 g/mol. The first-order valence-electron chi connectivity index (χ1n) is 7.42. The van der Waals surface area contributed by atoms with Gasteiger partial charge in [-0.05, 0) is 19.4 Å². The number of likely N-dealkylation sites (N-methyl/N-ethyl adjacent to an activating group) is 1. The summed E-state index contributed by atoms with van der Waals surface area (Å²) < 4.78 is 0. The van der Waals surface area contributed by atoms with Gasteiger partial charge in [-0.3, -0.25) is 9.69 Å². The van der Waals surface area contributed by atoms with Crippen molar-refractivity contribution in [3.05, 3.63) is 10.6 Å². The van der Waals surface area contributed by atoms with E-state index in [9.17, 15) is 4.79 Å². The number of anilines is 1. The van der Waals surface area contributed by atoms with Crippen molar-refractivity contribution in [2.24, 2.45) is 5.73 Å². The number of nitrogens with one attached hydrogen (secondary N) is 1. The van der Waals surface area contributed by atoms with E-state index in [2.05, 4.69) is 22.1 Å². The summed E-state index contributed by atoms with van der Waals surface area (Å²) in [5.41, 5.74) is 6.64. The third-order valence-electron chi connectivity index (χ3n) is 4.43. The zero-order valence-electron chi connectivity index (χ0n) is 12.8. The van der Waals surface area contributed by atoms with E-state index < -0.39 is 5.54 Å². The molecule has 0 aromatic carbocycles. The van der Waals surface area contributed by atoms with Crippen molar-refractivity contribution in [1.29, 1.82) is 0 Å². The Balaban J connectivity index is 0.00000121. The van der Waals surface area contributed by atoms with Crippen molar-refractivity contribution in [2.75, 3.05) is 18.4 Å². The van der Waals surface area contributed by atoms with Crippen LogP contribution in [0, 0.1) is 0 Å². The van der Waals surface area contributed by atoms with Crippen LogP contribution in [0.25, 0.3) is 0 Å². The average Bonchev–Trinajstić information content (AvgIpc) is 3.04. The topological polar surface area (TPSA) is 71.2 Å². The number of aromatic nitrogens is 1. The molecule has 5 nitrogen and oxygen atoms in total. The van der Waals surface area contributed by atoms with Gasteiger partial charge in [-0.15, -0.1) is 36.2 Å². The summed E-state index contributed by atoms with van der Waals surface area (Å²) in [5.74, 6) is -0.0616. The summed E-state index contributed by atoms with van der Waals surface area (Å²) in [6.07, 6.45) is 4.64. The molecule has 2 heterocycles. The van der Waals surface area contributed by atoms with E-state index in [1.54, 1.807) is 11.3 Å². The number of hydrogen-bond acceptors (Lipinski definition) is 5. The molecule has 22 heavy (non-hydrogen) atoms. The molecule has 8 heteroatoms. The lowest BCUT2D eigenvalue weighted by Gasteiger charge is -2.23. The quantitative estimate of drug-likeness (QED) is 0.862. The van der Waals surface area contributed by atoms with Gasteiger partial charge in [-0.25, -0.2) is 4.98 Å². The molecule has 0 saturated heterocycles. The minimum Gasteiger partial charge on any atom is -0.317 e. The number of carbonyl (C=O) groups is 1. The summed E-state index contributed by atoms with van der Waals surface area (Å²) in [7, 11) is 0. The van der Waals surface area contributed by atoms with Crippen molar-refractivity contribution < 1.29 is 4.79 Å². The van der Waals surface area contributed by atoms with Gasteiger partial charge >= 0.3 is 0 Å². The first kappa shape index (κ1) is 19.6. The first-order valence-corrected chi connectivity index (χ1v) is 8.23. The van der Waals surface area contributed by atoms with E-state index in [0.717, 1.165) is 62.6 Å². The van der Waals surface area contributed by atoms with Crippen molar-refractivity contribution in [1.82, 2.24) is 9.88 Å². The third-order valence-corrected chi connectivity index (χ3v) is 5.42. The maximum Gasteiger partial charge on any atom is 0.246 e. The number of carbonyl (C=O) groups excluding carboxylic acids is 1. The lowest BCUT2D eigenvalue weighted by molar-refractivity contribution is -0.121. The number of thiazole rings is 1. The van der Waals surface area contributed by atoms with Crippen LogP contribution >= 0.6 is 36.2 Å². The number of rotatable bonds is 3. The van der Waals surface area contributed by atoms with Gasteiger partial charge < -0.3 is 11.1 Å². The molecule has 0 radical (unpaired) electrons. The Bertz CT molecular complexity index is 517. The van der Waals surface area contributed by atoms with Gasteiger partial charge in [0.1, 0.15) is 0 Å². The van der Waals surface area contributed by atoms with Crippen LogP contribution in [0.1, 0.15) is 43.2 Å². The van der Waals surface area contributed by atoms with Gasteiger partial charge in [-0.1, -0.05) is 19.8 Å². The highest BCUT2D eigenvalue weighted by molar-refractivity contribution is 7.15. The van der Waals surface area contributed by atoms with Crippen molar-refractivity contribution in [3.63, 3.8) is 0 Å². The van der Waals surface area contributed by atoms with Gasteiger partial charge in [0.2, 0.25) is 5.91 Å². The molecule has 1 aliphatic carbocycles. The molecule has 2 aliphatic rings. The molecule has 1 amide bonds. The molecule has 1 aromatic rings. The van der Waals surface area contributed by atoms with Crippen LogP contribution in [0.4, 0.5) is 5.13 Å². The predicted octanol–water partition coefficient (Wildman–Crippen LogP) is 2.57. The van der Waals surface area contributed by atoms with Crippen molar-refractivity contribution in [2.45, 2.75) is 51.1 Å². The van der Waals surface area contributed by atoms with Crippen LogP contribution in [-0.4, -0.2) is 34.4 Å². The Morgan fingerprint density at radius 1 is 1.41 bits per heavy atom. The van der Waals surface area contributed by atoms with Crippen LogP contribution in [0.5, 0.6) is 0 Å². The molecular weight excluding hydrogens is 343 g/mol. The number of nitrogens with zero attached hydrogens (tertiary/aromatic N) is 2. The van der Waals surface area contributed by atoms with Gasteiger partial charge in [0, 0.05) is 24.4 Å². The Morgan fingerprint density at radius 2 is 2.09 bits per heavy atom. The number of hydrogen-bond donors (Lipinski definition) is 2.